The van der Waals surface area contributed by atoms with Gasteiger partial charge in [-0.1, -0.05) is 6.92 Å². The van der Waals surface area contributed by atoms with Crippen LogP contribution < -0.4 is 11.5 Å². The van der Waals surface area contributed by atoms with Gasteiger partial charge in [-0.15, -0.1) is 0 Å². The van der Waals surface area contributed by atoms with Crippen LogP contribution in [0.2, 0.25) is 0 Å². The Hall–Kier alpha value is -0.360. The van der Waals surface area contributed by atoms with E-state index < -0.39 is 39.6 Å². The minimum atomic E-state index is -1.98. The van der Waals surface area contributed by atoms with Crippen LogP contribution in [0.4, 0.5) is 0 Å². The van der Waals surface area contributed by atoms with E-state index in [9.17, 15) is 15.3 Å². The highest BCUT2D eigenvalue weighted by atomic mass is 16.7. The fourth-order valence-corrected chi connectivity index (χ4v) is 3.75. The molecule has 174 valence electrons. The molecule has 1 saturated heterocycles. The molecular weight excluding hydrogens is 380 g/mol. The summed E-state index contributed by atoms with van der Waals surface area (Å²) in [6, 6.07) is 0. The molecular formula is C20H42N2O7. The van der Waals surface area contributed by atoms with E-state index in [-0.39, 0.29) is 19.7 Å². The Balaban J connectivity index is 3.28. The molecule has 0 aromatic rings. The molecule has 1 aliphatic rings. The van der Waals surface area contributed by atoms with Crippen molar-refractivity contribution in [3.8, 4) is 0 Å². The third kappa shape index (κ3) is 4.09. The number of nitrogens with two attached hydrogens (primary N) is 2. The topological polar surface area (TPSA) is 150 Å². The van der Waals surface area contributed by atoms with Gasteiger partial charge in [-0.3, -0.25) is 0 Å². The predicted molar refractivity (Wildman–Crippen MR) is 109 cm³/mol. The van der Waals surface area contributed by atoms with Crippen molar-refractivity contribution in [1.29, 1.82) is 0 Å². The molecule has 0 aromatic heterocycles. The Morgan fingerprint density at radius 3 is 1.79 bits per heavy atom. The van der Waals surface area contributed by atoms with Crippen molar-refractivity contribution in [2.45, 2.75) is 101 Å². The van der Waals surface area contributed by atoms with Crippen LogP contribution in [-0.4, -0.2) is 81.7 Å². The molecule has 1 aliphatic heterocycles. The van der Waals surface area contributed by atoms with Gasteiger partial charge in [0, 0.05) is 20.2 Å². The van der Waals surface area contributed by atoms with Crippen molar-refractivity contribution in [3.63, 3.8) is 0 Å². The second kappa shape index (κ2) is 7.96. The summed E-state index contributed by atoms with van der Waals surface area (Å²) < 4.78 is 23.6. The number of hydrogen-bond donors (Lipinski definition) is 5. The van der Waals surface area contributed by atoms with E-state index in [0.717, 1.165) is 0 Å². The Labute approximate surface area is 174 Å². The van der Waals surface area contributed by atoms with Gasteiger partial charge in [0.1, 0.15) is 22.4 Å². The summed E-state index contributed by atoms with van der Waals surface area (Å²) in [5.41, 5.74) is 3.75. The van der Waals surface area contributed by atoms with Crippen LogP contribution in [-0.2, 0) is 18.9 Å². The van der Waals surface area contributed by atoms with Gasteiger partial charge in [0.05, 0.1) is 12.2 Å². The first-order valence-corrected chi connectivity index (χ1v) is 10.0. The molecule has 0 radical (unpaired) electrons. The molecule has 0 aromatic carbocycles. The molecule has 29 heavy (non-hydrogen) atoms. The number of ether oxygens (including phenoxy) is 4. The minimum absolute atomic E-state index is 0.0727. The molecule has 1 fully saturated rings. The van der Waals surface area contributed by atoms with E-state index in [1.807, 2.05) is 6.92 Å². The van der Waals surface area contributed by atoms with E-state index in [1.54, 1.807) is 20.8 Å². The quantitative estimate of drug-likeness (QED) is 0.329. The van der Waals surface area contributed by atoms with Crippen molar-refractivity contribution >= 4 is 0 Å². The summed E-state index contributed by atoms with van der Waals surface area (Å²) in [5, 5.41) is 33.6. The monoisotopic (exact) mass is 422 g/mol. The van der Waals surface area contributed by atoms with Gasteiger partial charge >= 0.3 is 0 Å². The average Bonchev–Trinajstić information content (AvgIpc) is 2.64. The van der Waals surface area contributed by atoms with Gasteiger partial charge in [0.15, 0.2) is 11.6 Å². The fraction of sp³-hybridized carbons (Fsp3) is 1.00. The summed E-state index contributed by atoms with van der Waals surface area (Å²) in [4.78, 5) is 0. The Morgan fingerprint density at radius 1 is 0.897 bits per heavy atom. The van der Waals surface area contributed by atoms with Crippen LogP contribution in [0, 0.1) is 0 Å². The molecule has 0 aliphatic carbocycles. The Morgan fingerprint density at radius 2 is 1.41 bits per heavy atom. The number of aliphatic hydroxyl groups is 3. The van der Waals surface area contributed by atoms with E-state index in [2.05, 4.69) is 0 Å². The lowest BCUT2D eigenvalue weighted by atomic mass is 9.60. The minimum Gasteiger partial charge on any atom is -0.384 e. The summed E-state index contributed by atoms with van der Waals surface area (Å²) in [6.45, 7) is 12.7. The lowest BCUT2D eigenvalue weighted by Crippen LogP contribution is -2.84. The van der Waals surface area contributed by atoms with Crippen molar-refractivity contribution in [2.24, 2.45) is 11.5 Å². The van der Waals surface area contributed by atoms with Crippen LogP contribution in [0.15, 0.2) is 0 Å². The van der Waals surface area contributed by atoms with Crippen molar-refractivity contribution in [1.82, 2.24) is 0 Å². The molecule has 7 unspecified atom stereocenters. The average molecular weight is 423 g/mol. The smallest absolute Gasteiger partial charge is 0.197 e. The fourth-order valence-electron chi connectivity index (χ4n) is 3.75. The second-order valence-corrected chi connectivity index (χ2v) is 9.44. The molecule has 0 amide bonds. The molecule has 9 heteroatoms. The second-order valence-electron chi connectivity index (χ2n) is 9.44. The van der Waals surface area contributed by atoms with Crippen molar-refractivity contribution in [2.75, 3.05) is 26.8 Å². The van der Waals surface area contributed by atoms with Gasteiger partial charge in [-0.25, -0.2) is 0 Å². The maximum atomic E-state index is 11.3. The van der Waals surface area contributed by atoms with Crippen LogP contribution in [0.5, 0.6) is 0 Å². The molecule has 7 N–H and O–H groups in total. The van der Waals surface area contributed by atoms with Gasteiger partial charge in [0.2, 0.25) is 0 Å². The van der Waals surface area contributed by atoms with E-state index in [4.69, 9.17) is 30.4 Å². The van der Waals surface area contributed by atoms with Crippen LogP contribution in [0.3, 0.4) is 0 Å². The zero-order valence-electron chi connectivity index (χ0n) is 19.5. The molecule has 7 atom stereocenters. The summed E-state index contributed by atoms with van der Waals surface area (Å²) in [5.74, 6) is -2.77. The Kier molecular flexibility index (Phi) is 7.32. The van der Waals surface area contributed by atoms with Gasteiger partial charge < -0.3 is 45.7 Å². The zero-order chi connectivity index (χ0) is 23.2. The van der Waals surface area contributed by atoms with Crippen LogP contribution in [0.1, 0.15) is 61.8 Å². The highest BCUT2D eigenvalue weighted by Gasteiger charge is 2.74. The SMILES string of the molecule is CCC1(C)OC(C)(OCC(C)(CN)OC(C)(CN)OC)C(C)(O)C(C)(O)C1(C)O. The highest BCUT2D eigenvalue weighted by molar-refractivity contribution is 5.21. The van der Waals surface area contributed by atoms with Crippen LogP contribution >= 0.6 is 0 Å². The van der Waals surface area contributed by atoms with Crippen molar-refractivity contribution < 1.29 is 34.3 Å². The first-order chi connectivity index (χ1) is 12.9. The largest absolute Gasteiger partial charge is 0.384 e. The first kappa shape index (κ1) is 26.7. The van der Waals surface area contributed by atoms with E-state index >= 15 is 0 Å². The molecule has 0 spiro atoms. The summed E-state index contributed by atoms with van der Waals surface area (Å²) in [6.07, 6.45) is 0.366. The van der Waals surface area contributed by atoms with Gasteiger partial charge in [0.25, 0.3) is 0 Å². The summed E-state index contributed by atoms with van der Waals surface area (Å²) >= 11 is 0. The third-order valence-electron chi connectivity index (χ3n) is 7.25. The van der Waals surface area contributed by atoms with E-state index in [0.29, 0.717) is 6.42 Å². The molecule has 1 heterocycles. The van der Waals surface area contributed by atoms with Gasteiger partial charge in [-0.05, 0) is 54.9 Å². The lowest BCUT2D eigenvalue weighted by molar-refractivity contribution is -0.459. The lowest BCUT2D eigenvalue weighted by Gasteiger charge is -2.65. The molecule has 0 bridgehead atoms. The van der Waals surface area contributed by atoms with Gasteiger partial charge in [-0.2, -0.15) is 0 Å². The molecule has 9 nitrogen and oxygen atoms in total. The normalized spacial score (nSPS) is 44.9. The predicted octanol–water partition coefficient (Wildman–Crippen LogP) is 0.226. The first-order valence-electron chi connectivity index (χ1n) is 10.0. The maximum Gasteiger partial charge on any atom is 0.197 e. The third-order valence-corrected chi connectivity index (χ3v) is 7.25. The van der Waals surface area contributed by atoms with Crippen molar-refractivity contribution in [3.05, 3.63) is 0 Å². The van der Waals surface area contributed by atoms with Crippen LogP contribution in [0.25, 0.3) is 0 Å². The summed E-state index contributed by atoms with van der Waals surface area (Å²) in [7, 11) is 1.48. The maximum absolute atomic E-state index is 11.3. The Bertz CT molecular complexity index is 579. The standard InChI is InChI=1S/C20H42N2O7/c1-10-15(3)17(5,23)18(6,24)19(7,25)20(8,29-15)27-13-14(2,11-21)28-16(4,12-22)26-9/h23-25H,10-13,21-22H2,1-9H3. The number of methoxy groups -OCH3 is 1. The molecule has 0 saturated carbocycles. The number of hydrogen-bond acceptors (Lipinski definition) is 9. The number of rotatable bonds is 9. The molecule has 1 rings (SSSR count). The highest BCUT2D eigenvalue weighted by Crippen LogP contribution is 2.54. The zero-order valence-corrected chi connectivity index (χ0v) is 19.5. The van der Waals surface area contributed by atoms with E-state index in [1.165, 1.54) is 34.8 Å².